The lowest BCUT2D eigenvalue weighted by Gasteiger charge is -2.20. The third-order valence-electron chi connectivity index (χ3n) is 4.27. The molecule has 0 bridgehead atoms. The zero-order chi connectivity index (χ0) is 20.7. The fraction of sp³-hybridized carbons (Fsp3) is 0.524. The molecule has 1 aromatic carbocycles. The van der Waals surface area contributed by atoms with Crippen molar-refractivity contribution in [3.05, 3.63) is 41.6 Å². The van der Waals surface area contributed by atoms with Crippen LogP contribution >= 0.6 is 24.0 Å². The van der Waals surface area contributed by atoms with Gasteiger partial charge in [-0.3, -0.25) is 0 Å². The summed E-state index contributed by atoms with van der Waals surface area (Å²) >= 11 is 0. The van der Waals surface area contributed by atoms with Crippen LogP contribution in [0.15, 0.2) is 33.8 Å². The van der Waals surface area contributed by atoms with Gasteiger partial charge in [0, 0.05) is 17.5 Å². The molecule has 0 saturated heterocycles. The Morgan fingerprint density at radius 1 is 1.24 bits per heavy atom. The summed E-state index contributed by atoms with van der Waals surface area (Å²) in [6, 6.07) is 5.70. The molecule has 0 fully saturated rings. The molecule has 7 nitrogen and oxygen atoms in total. The summed E-state index contributed by atoms with van der Waals surface area (Å²) in [5.74, 6) is 3.69. The largest absolute Gasteiger partial charge is 0.497 e. The van der Waals surface area contributed by atoms with Gasteiger partial charge in [0.25, 0.3) is 0 Å². The number of nitrogens with one attached hydrogen (secondary N) is 2. The van der Waals surface area contributed by atoms with E-state index in [2.05, 4.69) is 41.4 Å². The summed E-state index contributed by atoms with van der Waals surface area (Å²) in [7, 11) is 3.31. The van der Waals surface area contributed by atoms with Crippen LogP contribution in [0, 0.1) is 0 Å². The van der Waals surface area contributed by atoms with Crippen molar-refractivity contribution in [3.63, 3.8) is 0 Å². The van der Waals surface area contributed by atoms with Crippen LogP contribution in [-0.4, -0.2) is 31.7 Å². The summed E-state index contributed by atoms with van der Waals surface area (Å²) in [5, 5.41) is 6.66. The van der Waals surface area contributed by atoms with Crippen molar-refractivity contribution in [1.29, 1.82) is 0 Å². The van der Waals surface area contributed by atoms with Crippen molar-refractivity contribution in [2.75, 3.05) is 20.8 Å². The molecule has 2 aromatic rings. The summed E-state index contributed by atoms with van der Waals surface area (Å²) in [6.45, 7) is 11.4. The molecule has 8 heteroatoms. The Morgan fingerprint density at radius 3 is 2.52 bits per heavy atom. The monoisotopic (exact) mass is 516 g/mol. The highest BCUT2D eigenvalue weighted by molar-refractivity contribution is 14.0. The highest BCUT2D eigenvalue weighted by atomic mass is 127. The number of benzene rings is 1. The summed E-state index contributed by atoms with van der Waals surface area (Å²) in [4.78, 5) is 8.95. The summed E-state index contributed by atoms with van der Waals surface area (Å²) in [5.41, 5.74) is 0.911. The van der Waals surface area contributed by atoms with Crippen LogP contribution in [-0.2, 0) is 12.0 Å². The standard InChI is InChI=1S/C21H32N4O3.HI/c1-8-22-20(24-13-19-23-12-18(28-19)21(3,4)5)25-14(2)16-11-15(26-6)9-10-17(16)27-7;/h9-12,14H,8,13H2,1-7H3,(H2,22,24,25);1H. The number of aromatic nitrogens is 1. The molecule has 0 aliphatic heterocycles. The van der Waals surface area contributed by atoms with Gasteiger partial charge in [-0.15, -0.1) is 24.0 Å². The van der Waals surface area contributed by atoms with Crippen molar-refractivity contribution in [2.45, 2.75) is 52.6 Å². The van der Waals surface area contributed by atoms with Crippen LogP contribution in [0.4, 0.5) is 0 Å². The fourth-order valence-electron chi connectivity index (χ4n) is 2.66. The van der Waals surface area contributed by atoms with Crippen LogP contribution in [0.3, 0.4) is 0 Å². The fourth-order valence-corrected chi connectivity index (χ4v) is 2.66. The number of ether oxygens (including phenoxy) is 2. The Hall–Kier alpha value is -1.97. The predicted molar refractivity (Wildman–Crippen MR) is 127 cm³/mol. The molecule has 1 aromatic heterocycles. The molecular weight excluding hydrogens is 483 g/mol. The second kappa shape index (κ2) is 11.3. The summed E-state index contributed by atoms with van der Waals surface area (Å²) < 4.78 is 16.7. The maximum atomic E-state index is 5.82. The van der Waals surface area contributed by atoms with Crippen molar-refractivity contribution in [3.8, 4) is 11.5 Å². The lowest BCUT2D eigenvalue weighted by molar-refractivity contribution is 0.383. The van der Waals surface area contributed by atoms with Crippen molar-refractivity contribution >= 4 is 29.9 Å². The Bertz CT molecular complexity index is 799. The van der Waals surface area contributed by atoms with E-state index in [1.807, 2.05) is 32.0 Å². The van der Waals surface area contributed by atoms with E-state index in [1.54, 1.807) is 20.4 Å². The Balaban J connectivity index is 0.00000420. The second-order valence-electron chi connectivity index (χ2n) is 7.54. The Kier molecular flexibility index (Phi) is 9.75. The van der Waals surface area contributed by atoms with Gasteiger partial charge in [-0.1, -0.05) is 20.8 Å². The molecule has 0 radical (unpaired) electrons. The Morgan fingerprint density at radius 2 is 1.97 bits per heavy atom. The van der Waals surface area contributed by atoms with E-state index in [4.69, 9.17) is 13.9 Å². The second-order valence-corrected chi connectivity index (χ2v) is 7.54. The molecular formula is C21H33IN4O3. The van der Waals surface area contributed by atoms with Crippen LogP contribution < -0.4 is 20.1 Å². The van der Waals surface area contributed by atoms with Gasteiger partial charge < -0.3 is 24.5 Å². The third-order valence-corrected chi connectivity index (χ3v) is 4.27. The van der Waals surface area contributed by atoms with E-state index >= 15 is 0 Å². The zero-order valence-electron chi connectivity index (χ0n) is 18.3. The van der Waals surface area contributed by atoms with Crippen LogP contribution in [0.1, 0.15) is 57.9 Å². The number of aliphatic imine (C=N–C) groups is 1. The molecule has 29 heavy (non-hydrogen) atoms. The van der Waals surface area contributed by atoms with E-state index in [-0.39, 0.29) is 35.4 Å². The van der Waals surface area contributed by atoms with Crippen LogP contribution in [0.2, 0.25) is 0 Å². The van der Waals surface area contributed by atoms with Gasteiger partial charge in [0.1, 0.15) is 23.8 Å². The molecule has 1 heterocycles. The molecule has 1 unspecified atom stereocenters. The van der Waals surface area contributed by atoms with Crippen molar-refractivity contribution in [2.24, 2.45) is 4.99 Å². The zero-order valence-corrected chi connectivity index (χ0v) is 20.7. The molecule has 0 spiro atoms. The van der Waals surface area contributed by atoms with Gasteiger partial charge in [-0.05, 0) is 32.0 Å². The van der Waals surface area contributed by atoms with Gasteiger partial charge >= 0.3 is 0 Å². The lowest BCUT2D eigenvalue weighted by atomic mass is 9.94. The number of guanidine groups is 1. The highest BCUT2D eigenvalue weighted by Gasteiger charge is 2.19. The molecule has 2 rings (SSSR count). The predicted octanol–water partition coefficient (Wildman–Crippen LogP) is 4.42. The van der Waals surface area contributed by atoms with Crippen LogP contribution in [0.5, 0.6) is 11.5 Å². The first-order valence-corrected chi connectivity index (χ1v) is 9.50. The van der Waals surface area contributed by atoms with E-state index < -0.39 is 0 Å². The van der Waals surface area contributed by atoms with E-state index in [0.29, 0.717) is 18.4 Å². The van der Waals surface area contributed by atoms with E-state index in [9.17, 15) is 0 Å². The number of hydrogen-bond acceptors (Lipinski definition) is 5. The SMILES string of the molecule is CCNC(=NCc1ncc(C(C)(C)C)o1)NC(C)c1cc(OC)ccc1OC.I. The van der Waals surface area contributed by atoms with Gasteiger partial charge in [-0.2, -0.15) is 0 Å². The number of hydrogen-bond donors (Lipinski definition) is 2. The normalized spacial score (nSPS) is 12.7. The first-order chi connectivity index (χ1) is 13.3. The number of nitrogens with zero attached hydrogens (tertiary/aromatic N) is 2. The lowest BCUT2D eigenvalue weighted by Crippen LogP contribution is -2.38. The maximum Gasteiger partial charge on any atom is 0.216 e. The molecule has 2 N–H and O–H groups in total. The topological polar surface area (TPSA) is 80.9 Å². The molecule has 162 valence electrons. The Labute approximate surface area is 190 Å². The first kappa shape index (κ1) is 25.1. The molecule has 0 aliphatic rings. The molecule has 0 amide bonds. The maximum absolute atomic E-state index is 5.82. The summed E-state index contributed by atoms with van der Waals surface area (Å²) in [6.07, 6.45) is 1.77. The molecule has 0 saturated carbocycles. The minimum atomic E-state index is -0.0743. The smallest absolute Gasteiger partial charge is 0.216 e. The number of rotatable bonds is 7. The minimum Gasteiger partial charge on any atom is -0.497 e. The van der Waals surface area contributed by atoms with Crippen molar-refractivity contribution in [1.82, 2.24) is 15.6 Å². The molecule has 1 atom stereocenters. The van der Waals surface area contributed by atoms with Crippen LogP contribution in [0.25, 0.3) is 0 Å². The quantitative estimate of drug-likeness (QED) is 0.322. The number of halogens is 1. The average Bonchev–Trinajstić information content (AvgIpc) is 3.15. The van der Waals surface area contributed by atoms with Crippen molar-refractivity contribution < 1.29 is 13.9 Å². The van der Waals surface area contributed by atoms with Gasteiger partial charge in [0.15, 0.2) is 5.96 Å². The first-order valence-electron chi connectivity index (χ1n) is 9.50. The van der Waals surface area contributed by atoms with E-state index in [0.717, 1.165) is 29.4 Å². The minimum absolute atomic E-state index is 0. The highest BCUT2D eigenvalue weighted by Crippen LogP contribution is 2.29. The van der Waals surface area contributed by atoms with Gasteiger partial charge in [0.05, 0.1) is 26.5 Å². The van der Waals surface area contributed by atoms with E-state index in [1.165, 1.54) is 0 Å². The van der Waals surface area contributed by atoms with Gasteiger partial charge in [-0.25, -0.2) is 9.98 Å². The van der Waals surface area contributed by atoms with Gasteiger partial charge in [0.2, 0.25) is 5.89 Å². The molecule has 0 aliphatic carbocycles. The number of methoxy groups -OCH3 is 2. The third kappa shape index (κ3) is 7.09. The number of oxazole rings is 1. The average molecular weight is 516 g/mol.